The summed E-state index contributed by atoms with van der Waals surface area (Å²) < 4.78 is 0. The van der Waals surface area contributed by atoms with E-state index in [1.165, 1.54) is 0 Å². The number of nitrogens with zero attached hydrogens (tertiary/aromatic N) is 6. The van der Waals surface area contributed by atoms with Gasteiger partial charge in [-0.3, -0.25) is 0 Å². The van der Waals surface area contributed by atoms with Crippen molar-refractivity contribution >= 4 is 66.8 Å². The van der Waals surface area contributed by atoms with Gasteiger partial charge in [-0.25, -0.2) is 29.9 Å². The van der Waals surface area contributed by atoms with Gasteiger partial charge in [0.2, 0.25) is 0 Å². The first-order chi connectivity index (χ1) is 30.7. The fourth-order valence-electron chi connectivity index (χ4n) is 8.70. The Labute approximate surface area is 362 Å². The molecule has 5 aromatic heterocycles. The molecule has 13 rings (SSSR count). The molecule has 2 aliphatic heterocycles. The number of thiophene rings is 2. The van der Waals surface area contributed by atoms with Gasteiger partial charge in [0.15, 0.2) is 23.3 Å². The van der Waals surface area contributed by atoms with Crippen molar-refractivity contribution in [3.8, 4) is 87.3 Å². The van der Waals surface area contributed by atoms with Gasteiger partial charge in [0.05, 0.1) is 0 Å². The van der Waals surface area contributed by atoms with Crippen molar-refractivity contribution in [1.29, 1.82) is 0 Å². The maximum atomic E-state index is 5.61. The van der Waals surface area contributed by atoms with Gasteiger partial charge in [0.1, 0.15) is 22.6 Å². The molecule has 2 aliphatic rings. The van der Waals surface area contributed by atoms with Crippen LogP contribution in [0.5, 0.6) is 0 Å². The van der Waals surface area contributed by atoms with Crippen LogP contribution >= 0.6 is 22.7 Å². The van der Waals surface area contributed by atoms with Gasteiger partial charge in [-0.15, -0.1) is 22.7 Å². The molecule has 290 valence electrons. The minimum Gasteiger partial charge on any atom is -0.324 e. The lowest BCUT2D eigenvalue weighted by atomic mass is 10.0. The number of aromatic nitrogens is 8. The van der Waals surface area contributed by atoms with Gasteiger partial charge in [-0.2, -0.15) is 0 Å². The fourth-order valence-corrected chi connectivity index (χ4v) is 11.3. The summed E-state index contributed by atoms with van der Waals surface area (Å²) in [4.78, 5) is 44.0. The maximum Gasteiger partial charge on any atom is 0.166 e. The van der Waals surface area contributed by atoms with Crippen molar-refractivity contribution in [2.45, 2.75) is 0 Å². The molecule has 7 heterocycles. The lowest BCUT2D eigenvalue weighted by Crippen LogP contribution is -1.85. The molecule has 0 fully saturated rings. The molecule has 11 aromatic rings. The zero-order valence-corrected chi connectivity index (χ0v) is 34.3. The third-order valence-corrected chi connectivity index (χ3v) is 14.1. The Morgan fingerprint density at radius 3 is 1.08 bits per heavy atom. The van der Waals surface area contributed by atoms with Gasteiger partial charge >= 0.3 is 0 Å². The molecule has 8 nitrogen and oxygen atoms in total. The van der Waals surface area contributed by atoms with E-state index in [9.17, 15) is 0 Å². The molecule has 6 aromatic carbocycles. The Balaban J connectivity index is 1.25. The van der Waals surface area contributed by atoms with E-state index in [2.05, 4.69) is 137 Å². The number of fused-ring (bicyclic) bond motifs is 20. The predicted molar refractivity (Wildman–Crippen MR) is 254 cm³/mol. The predicted octanol–water partition coefficient (Wildman–Crippen LogP) is 13.7. The van der Waals surface area contributed by atoms with Crippen molar-refractivity contribution < 1.29 is 0 Å². The summed E-state index contributed by atoms with van der Waals surface area (Å²) in [6.07, 6.45) is 0. The van der Waals surface area contributed by atoms with Crippen LogP contribution in [0.3, 0.4) is 0 Å². The minimum absolute atomic E-state index is 0.571. The van der Waals surface area contributed by atoms with Gasteiger partial charge in [-0.05, 0) is 22.3 Å². The van der Waals surface area contributed by atoms with E-state index in [4.69, 9.17) is 29.9 Å². The van der Waals surface area contributed by atoms with E-state index in [1.807, 2.05) is 42.5 Å². The minimum atomic E-state index is 0.571. The first-order valence-corrected chi connectivity index (χ1v) is 21.9. The molecule has 0 spiro atoms. The molecule has 2 N–H and O–H groups in total. The largest absolute Gasteiger partial charge is 0.324 e. The van der Waals surface area contributed by atoms with E-state index in [-0.39, 0.29) is 0 Å². The molecular weight excluding hydrogens is 801 g/mol. The normalized spacial score (nSPS) is 11.9. The van der Waals surface area contributed by atoms with Gasteiger partial charge in [-0.1, -0.05) is 170 Å². The Morgan fingerprint density at radius 2 is 0.613 bits per heavy atom. The smallest absolute Gasteiger partial charge is 0.166 e. The molecule has 10 heteroatoms. The summed E-state index contributed by atoms with van der Waals surface area (Å²) in [6, 6.07) is 58.4. The Bertz CT molecular complexity index is 3740. The lowest BCUT2D eigenvalue weighted by molar-refractivity contribution is 1.19. The number of aromatic amines is 2. The van der Waals surface area contributed by atoms with Crippen molar-refractivity contribution in [3.05, 3.63) is 170 Å². The second kappa shape index (κ2) is 13.8. The topological polar surface area (TPSA) is 109 Å². The molecule has 8 bridgehead atoms. The third-order valence-electron chi connectivity index (χ3n) is 11.5. The van der Waals surface area contributed by atoms with Crippen LogP contribution in [0.2, 0.25) is 0 Å². The van der Waals surface area contributed by atoms with Crippen molar-refractivity contribution in [1.82, 2.24) is 39.9 Å². The molecule has 0 radical (unpaired) electrons. The van der Waals surface area contributed by atoms with Gasteiger partial charge in [0, 0.05) is 63.3 Å². The highest BCUT2D eigenvalue weighted by Gasteiger charge is 2.32. The Morgan fingerprint density at radius 1 is 0.290 bits per heavy atom. The average Bonchev–Trinajstić information content (AvgIpc) is 4.18. The molecule has 62 heavy (non-hydrogen) atoms. The van der Waals surface area contributed by atoms with E-state index in [0.717, 1.165) is 85.6 Å². The first kappa shape index (κ1) is 34.9. The summed E-state index contributed by atoms with van der Waals surface area (Å²) >= 11 is 3.49. The highest BCUT2D eigenvalue weighted by atomic mass is 32.1. The molecule has 0 unspecified atom stereocenters. The molecule has 0 aliphatic carbocycles. The van der Waals surface area contributed by atoms with Crippen LogP contribution in [-0.2, 0) is 0 Å². The van der Waals surface area contributed by atoms with Gasteiger partial charge in [0.25, 0.3) is 0 Å². The molecular formula is C52H30N8S2. The van der Waals surface area contributed by atoms with Crippen LogP contribution in [0.25, 0.3) is 131 Å². The Kier molecular flexibility index (Phi) is 7.78. The lowest BCUT2D eigenvalue weighted by Gasteiger charge is -2.01. The number of hydrogen-bond acceptors (Lipinski definition) is 8. The summed E-state index contributed by atoms with van der Waals surface area (Å²) in [5.41, 5.74) is 10.7. The summed E-state index contributed by atoms with van der Waals surface area (Å²) in [7, 11) is 0. The Hall–Kier alpha value is -7.92. The summed E-state index contributed by atoms with van der Waals surface area (Å²) in [6.45, 7) is 0. The average molecular weight is 831 g/mol. The van der Waals surface area contributed by atoms with E-state index < -0.39 is 0 Å². The number of hydrogen-bond donors (Lipinski definition) is 2. The number of rotatable bonds is 4. The van der Waals surface area contributed by atoms with Crippen LogP contribution in [0.15, 0.2) is 170 Å². The molecule has 0 atom stereocenters. The SMILES string of the molecule is c1ccc(-c2sc(-c3ccccc3)c3c2-c2nc-3nc3[nH]c(nc4nc(nc5[nH]c(n2)c2ccccc52)-c2ccccc2-4)c2c(-c4ccccc4)sc(-c4ccccc4)c32)cc1. The van der Waals surface area contributed by atoms with Crippen molar-refractivity contribution in [3.63, 3.8) is 0 Å². The van der Waals surface area contributed by atoms with Crippen molar-refractivity contribution in [2.75, 3.05) is 0 Å². The van der Waals surface area contributed by atoms with Gasteiger partial charge < -0.3 is 9.97 Å². The fraction of sp³-hybridized carbons (Fsp3) is 0. The van der Waals surface area contributed by atoms with Crippen LogP contribution in [0.4, 0.5) is 0 Å². The summed E-state index contributed by atoms with van der Waals surface area (Å²) in [5, 5.41) is 3.81. The highest BCUT2D eigenvalue weighted by Crippen LogP contribution is 2.54. The van der Waals surface area contributed by atoms with Crippen LogP contribution in [0, 0.1) is 0 Å². The summed E-state index contributed by atoms with van der Waals surface area (Å²) in [5.74, 6) is 2.29. The second-order valence-electron chi connectivity index (χ2n) is 15.2. The quantitative estimate of drug-likeness (QED) is 0.183. The highest BCUT2D eigenvalue weighted by molar-refractivity contribution is 7.21. The zero-order valence-electron chi connectivity index (χ0n) is 32.7. The first-order valence-electron chi connectivity index (χ1n) is 20.3. The molecule has 0 saturated heterocycles. The monoisotopic (exact) mass is 830 g/mol. The number of benzene rings is 6. The van der Waals surface area contributed by atoms with Crippen LogP contribution in [0.1, 0.15) is 0 Å². The molecule has 0 saturated carbocycles. The standard InChI is InChI=1S/C52H30N8S2/c1-5-17-29(18-6-1)41-37-39(43(61-41)31-21-9-3-10-22-31)51-58-49(37)56-47-35-27-15-13-25-33(35)45(54-47)53-46-34-26-14-16-28-36(34)48(55-46)57-50-38-40(52(59-50)60-51)44(32-23-11-4-12-24-32)62-42(38)30-19-7-2-8-20-30/h1-28H,(H2,53,54,55,56,57,58,59,60). The number of nitrogens with one attached hydrogen (secondary N) is 2. The third kappa shape index (κ3) is 5.44. The second-order valence-corrected chi connectivity index (χ2v) is 17.2. The molecule has 0 amide bonds. The van der Waals surface area contributed by atoms with E-state index in [0.29, 0.717) is 45.9 Å². The van der Waals surface area contributed by atoms with Crippen LogP contribution in [-0.4, -0.2) is 39.9 Å². The van der Waals surface area contributed by atoms with Crippen LogP contribution < -0.4 is 0 Å². The van der Waals surface area contributed by atoms with E-state index >= 15 is 0 Å². The maximum absolute atomic E-state index is 5.61. The van der Waals surface area contributed by atoms with Crippen molar-refractivity contribution in [2.24, 2.45) is 0 Å². The number of H-pyrrole nitrogens is 2. The van der Waals surface area contributed by atoms with E-state index in [1.54, 1.807) is 22.7 Å². The zero-order chi connectivity index (χ0) is 40.7.